The van der Waals surface area contributed by atoms with Crippen LogP contribution in [0.2, 0.25) is 0 Å². The van der Waals surface area contributed by atoms with Crippen LogP contribution in [0.1, 0.15) is 68.9 Å². The average molecular weight is 515 g/mol. The highest BCUT2D eigenvalue weighted by atomic mass is 32.2. The van der Waals surface area contributed by atoms with E-state index in [4.69, 9.17) is 18.9 Å². The highest BCUT2D eigenvalue weighted by molar-refractivity contribution is 7.99. The number of esters is 2. The van der Waals surface area contributed by atoms with Crippen LogP contribution in [-0.4, -0.2) is 42.4 Å². The third kappa shape index (κ3) is 7.26. The summed E-state index contributed by atoms with van der Waals surface area (Å²) in [7, 11) is 0. The van der Waals surface area contributed by atoms with Crippen LogP contribution >= 0.6 is 11.8 Å². The van der Waals surface area contributed by atoms with E-state index in [0.29, 0.717) is 0 Å². The van der Waals surface area contributed by atoms with Gasteiger partial charge in [0.25, 0.3) is 0 Å². The van der Waals surface area contributed by atoms with Gasteiger partial charge in [-0.1, -0.05) is 50.6 Å². The standard InChI is InChI=1S/C29H38O6S/c1-7-8-15-32-25-13-10-22(11-14-25)16-24-17-23(12-9-18(24)2)26-19(3)27(33-20(4)30)28(34-21(5)31)29(35-26)36-6/h9-14,17,19,26-29H,7-8,15-16H2,1-6H3/t19-,26+,27+,28-,29+/m0/s1. The molecule has 3 rings (SSSR count). The number of hydrogen-bond donors (Lipinski definition) is 0. The van der Waals surface area contributed by atoms with Gasteiger partial charge in [0.15, 0.2) is 6.10 Å². The summed E-state index contributed by atoms with van der Waals surface area (Å²) < 4.78 is 23.5. The van der Waals surface area contributed by atoms with Crippen LogP contribution in [0.15, 0.2) is 42.5 Å². The average Bonchev–Trinajstić information content (AvgIpc) is 2.84. The molecule has 0 saturated carbocycles. The maximum atomic E-state index is 11.9. The molecule has 1 saturated heterocycles. The van der Waals surface area contributed by atoms with Gasteiger partial charge in [-0.2, -0.15) is 0 Å². The molecule has 0 spiro atoms. The molecule has 5 atom stereocenters. The Kier molecular flexibility index (Phi) is 10.3. The van der Waals surface area contributed by atoms with E-state index in [2.05, 4.69) is 44.2 Å². The maximum absolute atomic E-state index is 11.9. The Balaban J connectivity index is 1.83. The van der Waals surface area contributed by atoms with Crippen molar-refractivity contribution in [3.8, 4) is 5.75 Å². The number of rotatable bonds is 10. The van der Waals surface area contributed by atoms with Gasteiger partial charge in [0, 0.05) is 19.8 Å². The number of ether oxygens (including phenoxy) is 4. The quantitative estimate of drug-likeness (QED) is 0.283. The molecule has 36 heavy (non-hydrogen) atoms. The van der Waals surface area contributed by atoms with Gasteiger partial charge in [0.1, 0.15) is 17.3 Å². The number of thioether (sulfide) groups is 1. The Bertz CT molecular complexity index is 1020. The number of hydrogen-bond acceptors (Lipinski definition) is 7. The zero-order chi connectivity index (χ0) is 26.2. The van der Waals surface area contributed by atoms with Gasteiger partial charge in [-0.25, -0.2) is 0 Å². The molecule has 0 unspecified atom stereocenters. The molecule has 2 aromatic rings. The predicted octanol–water partition coefficient (Wildman–Crippen LogP) is 6.02. The van der Waals surface area contributed by atoms with Crippen molar-refractivity contribution >= 4 is 23.7 Å². The van der Waals surface area contributed by atoms with Gasteiger partial charge in [-0.05, 0) is 60.4 Å². The predicted molar refractivity (Wildman–Crippen MR) is 142 cm³/mol. The summed E-state index contributed by atoms with van der Waals surface area (Å²) in [5.41, 5.74) is 4.16. The lowest BCUT2D eigenvalue weighted by Crippen LogP contribution is -2.52. The molecular formula is C29H38O6S. The van der Waals surface area contributed by atoms with E-state index < -0.39 is 29.6 Å². The van der Waals surface area contributed by atoms with Gasteiger partial charge >= 0.3 is 11.9 Å². The molecule has 0 N–H and O–H groups in total. The molecule has 1 heterocycles. The van der Waals surface area contributed by atoms with E-state index in [1.54, 1.807) is 0 Å². The molecule has 1 aliphatic heterocycles. The summed E-state index contributed by atoms with van der Waals surface area (Å²) in [6.45, 7) is 9.70. The first-order chi connectivity index (χ1) is 17.2. The highest BCUT2D eigenvalue weighted by Crippen LogP contribution is 2.42. The number of benzene rings is 2. The van der Waals surface area contributed by atoms with Crippen LogP contribution in [0.5, 0.6) is 5.75 Å². The summed E-state index contributed by atoms with van der Waals surface area (Å²) in [6.07, 6.45) is 3.25. The number of unbranched alkanes of at least 4 members (excludes halogenated alkanes) is 1. The van der Waals surface area contributed by atoms with E-state index in [-0.39, 0.29) is 12.0 Å². The summed E-state index contributed by atoms with van der Waals surface area (Å²) >= 11 is 1.44. The third-order valence-electron chi connectivity index (χ3n) is 6.49. The Hall–Kier alpha value is -2.51. The Morgan fingerprint density at radius 3 is 2.28 bits per heavy atom. The molecule has 2 aromatic carbocycles. The fourth-order valence-electron chi connectivity index (χ4n) is 4.54. The zero-order valence-electron chi connectivity index (χ0n) is 22.1. The SMILES string of the molecule is CCCCOc1ccc(Cc2cc([C@@H]3O[C@H](SC)[C@@H](OC(C)=O)[C@H](OC(C)=O)[C@H]3C)ccc2C)cc1. The van der Waals surface area contributed by atoms with Crippen LogP contribution in [0.4, 0.5) is 0 Å². The molecule has 1 aliphatic rings. The van der Waals surface area contributed by atoms with Crippen molar-refractivity contribution in [2.45, 2.75) is 77.6 Å². The third-order valence-corrected chi connectivity index (χ3v) is 7.34. The molecule has 0 amide bonds. The van der Waals surface area contributed by atoms with E-state index in [9.17, 15) is 9.59 Å². The molecular weight excluding hydrogens is 476 g/mol. The molecule has 0 radical (unpaired) electrons. The monoisotopic (exact) mass is 514 g/mol. The largest absolute Gasteiger partial charge is 0.494 e. The first kappa shape index (κ1) is 28.1. The van der Waals surface area contributed by atoms with E-state index in [1.165, 1.54) is 42.3 Å². The minimum Gasteiger partial charge on any atom is -0.494 e. The fraction of sp³-hybridized carbons (Fsp3) is 0.517. The molecule has 6 nitrogen and oxygen atoms in total. The van der Waals surface area contributed by atoms with E-state index in [0.717, 1.165) is 37.2 Å². The Morgan fingerprint density at radius 1 is 1.00 bits per heavy atom. The molecule has 0 aliphatic carbocycles. The summed E-state index contributed by atoms with van der Waals surface area (Å²) in [6, 6.07) is 14.6. The summed E-state index contributed by atoms with van der Waals surface area (Å²) in [4.78, 5) is 23.7. The van der Waals surface area contributed by atoms with E-state index in [1.807, 2.05) is 25.3 Å². The normalized spacial score (nSPS) is 23.7. The molecule has 0 bridgehead atoms. The lowest BCUT2D eigenvalue weighted by atomic mass is 9.85. The second kappa shape index (κ2) is 13.2. The lowest BCUT2D eigenvalue weighted by molar-refractivity contribution is -0.208. The first-order valence-corrected chi connectivity index (χ1v) is 13.9. The van der Waals surface area contributed by atoms with Crippen molar-refractivity contribution in [3.05, 3.63) is 64.7 Å². The first-order valence-electron chi connectivity index (χ1n) is 12.6. The Morgan fingerprint density at radius 2 is 1.67 bits per heavy atom. The van der Waals surface area contributed by atoms with Gasteiger partial charge in [0.2, 0.25) is 0 Å². The molecule has 1 fully saturated rings. The van der Waals surface area contributed by atoms with Crippen LogP contribution in [0.25, 0.3) is 0 Å². The Labute approximate surface area is 219 Å². The van der Waals surface area contributed by atoms with Crippen molar-refractivity contribution in [2.75, 3.05) is 12.9 Å². The van der Waals surface area contributed by atoms with Crippen LogP contribution in [0, 0.1) is 12.8 Å². The van der Waals surface area contributed by atoms with Gasteiger partial charge < -0.3 is 18.9 Å². The lowest BCUT2D eigenvalue weighted by Gasteiger charge is -2.44. The van der Waals surface area contributed by atoms with Crippen LogP contribution in [0.3, 0.4) is 0 Å². The van der Waals surface area contributed by atoms with Gasteiger partial charge in [-0.3, -0.25) is 9.59 Å². The minimum absolute atomic E-state index is 0.211. The van der Waals surface area contributed by atoms with Crippen molar-refractivity contribution in [1.29, 1.82) is 0 Å². The number of carbonyl (C=O) groups is 2. The summed E-state index contributed by atoms with van der Waals surface area (Å²) in [5.74, 6) is -0.151. The second-order valence-corrected chi connectivity index (χ2v) is 10.3. The zero-order valence-corrected chi connectivity index (χ0v) is 22.9. The minimum atomic E-state index is -0.671. The summed E-state index contributed by atoms with van der Waals surface area (Å²) in [5, 5.41) is 0. The smallest absolute Gasteiger partial charge is 0.303 e. The maximum Gasteiger partial charge on any atom is 0.303 e. The van der Waals surface area contributed by atoms with Crippen molar-refractivity contribution in [3.63, 3.8) is 0 Å². The van der Waals surface area contributed by atoms with E-state index >= 15 is 0 Å². The van der Waals surface area contributed by atoms with Crippen molar-refractivity contribution in [2.24, 2.45) is 5.92 Å². The second-order valence-electron chi connectivity index (χ2n) is 9.38. The van der Waals surface area contributed by atoms with Crippen molar-refractivity contribution in [1.82, 2.24) is 0 Å². The topological polar surface area (TPSA) is 71.1 Å². The van der Waals surface area contributed by atoms with Gasteiger partial charge in [-0.15, -0.1) is 11.8 Å². The fourth-order valence-corrected chi connectivity index (χ4v) is 5.25. The van der Waals surface area contributed by atoms with Gasteiger partial charge in [0.05, 0.1) is 12.7 Å². The molecule has 0 aromatic heterocycles. The van der Waals surface area contributed by atoms with Crippen LogP contribution < -0.4 is 4.74 Å². The van der Waals surface area contributed by atoms with Crippen LogP contribution in [-0.2, 0) is 30.2 Å². The molecule has 7 heteroatoms. The number of aryl methyl sites for hydroxylation is 1. The highest BCUT2D eigenvalue weighted by Gasteiger charge is 2.48. The number of carbonyl (C=O) groups excluding carboxylic acids is 2. The van der Waals surface area contributed by atoms with Crippen molar-refractivity contribution < 1.29 is 28.5 Å². The molecule has 196 valence electrons.